The number of fused-ring (bicyclic) bond motifs is 3. The number of amides is 1. The van der Waals surface area contributed by atoms with Gasteiger partial charge < -0.3 is 10.1 Å². The topological polar surface area (TPSA) is 76.5 Å². The van der Waals surface area contributed by atoms with Crippen molar-refractivity contribution in [2.24, 2.45) is 0 Å². The molecule has 2 aliphatic heterocycles. The molecule has 172 valence electrons. The zero-order chi connectivity index (χ0) is 22.9. The Morgan fingerprint density at radius 1 is 1.09 bits per heavy atom. The molecule has 2 aliphatic rings. The number of nitrogens with zero attached hydrogens (tertiary/aromatic N) is 3. The van der Waals surface area contributed by atoms with E-state index in [1.807, 2.05) is 36.4 Å². The predicted octanol–water partition coefficient (Wildman–Crippen LogP) is 2.93. The number of carbonyl (C=O) groups excluding carboxylic acids is 2. The summed E-state index contributed by atoms with van der Waals surface area (Å²) in [5, 5.41) is 8.39. The van der Waals surface area contributed by atoms with Gasteiger partial charge in [-0.2, -0.15) is 5.10 Å². The van der Waals surface area contributed by atoms with E-state index in [9.17, 15) is 14.0 Å². The molecule has 1 N–H and O–H groups in total. The number of morpholine rings is 1. The molecule has 3 aromatic rings. The summed E-state index contributed by atoms with van der Waals surface area (Å²) in [7, 11) is 0. The predicted molar refractivity (Wildman–Crippen MR) is 121 cm³/mol. The van der Waals surface area contributed by atoms with Crippen molar-refractivity contribution in [1.29, 1.82) is 0 Å². The highest BCUT2D eigenvalue weighted by atomic mass is 19.1. The van der Waals surface area contributed by atoms with Crippen LogP contribution in [0.15, 0.2) is 48.5 Å². The Hall–Kier alpha value is -3.10. The van der Waals surface area contributed by atoms with Crippen LogP contribution in [0.1, 0.15) is 35.8 Å². The molecule has 1 aromatic heterocycles. The number of hydrogen-bond acceptors (Lipinski definition) is 5. The fourth-order valence-electron chi connectivity index (χ4n) is 5.05. The molecule has 2 fully saturated rings. The van der Waals surface area contributed by atoms with E-state index in [0.717, 1.165) is 35.9 Å². The van der Waals surface area contributed by atoms with Gasteiger partial charge in [-0.1, -0.05) is 30.3 Å². The van der Waals surface area contributed by atoms with Gasteiger partial charge in [-0.25, -0.2) is 4.39 Å². The second kappa shape index (κ2) is 9.03. The maximum absolute atomic E-state index is 13.3. The van der Waals surface area contributed by atoms with Crippen LogP contribution in [0.4, 0.5) is 4.39 Å². The fourth-order valence-corrected chi connectivity index (χ4v) is 5.05. The summed E-state index contributed by atoms with van der Waals surface area (Å²) in [6.07, 6.45) is 1.55. The third-order valence-electron chi connectivity index (χ3n) is 6.53. The maximum Gasteiger partial charge on any atom is 0.272 e. The van der Waals surface area contributed by atoms with Crippen LogP contribution in [0.3, 0.4) is 0 Å². The summed E-state index contributed by atoms with van der Waals surface area (Å²) >= 11 is 0. The van der Waals surface area contributed by atoms with Crippen LogP contribution in [0, 0.1) is 5.82 Å². The Kier molecular flexibility index (Phi) is 5.95. The molecule has 8 heteroatoms. The summed E-state index contributed by atoms with van der Waals surface area (Å²) in [6, 6.07) is 14.5. The van der Waals surface area contributed by atoms with Crippen molar-refractivity contribution in [3.8, 4) is 0 Å². The van der Waals surface area contributed by atoms with Crippen LogP contribution in [0.2, 0.25) is 0 Å². The average Bonchev–Trinajstić information content (AvgIpc) is 3.14. The van der Waals surface area contributed by atoms with Gasteiger partial charge in [-0.15, -0.1) is 0 Å². The Balaban J connectivity index is 1.30. The Morgan fingerprint density at radius 2 is 1.79 bits per heavy atom. The van der Waals surface area contributed by atoms with Crippen molar-refractivity contribution in [3.63, 3.8) is 0 Å². The number of aromatic nitrogens is 2. The standard InChI is InChI=1S/C25H27FN4O3/c1-16(31)12-30-23-5-3-2-4-22(23)24(28-30)25(32)27-19-10-20-14-33-15-21(11-19)29(20)13-17-6-8-18(26)9-7-17/h2-9,19-21H,10-15H2,1H3,(H,27,32)/t19-,20-,21+. The first kappa shape index (κ1) is 21.7. The van der Waals surface area contributed by atoms with E-state index in [0.29, 0.717) is 18.9 Å². The number of para-hydroxylation sites is 1. The molecule has 2 bridgehead atoms. The fraction of sp³-hybridized carbons (Fsp3) is 0.400. The SMILES string of the molecule is CC(=O)Cn1nc(C(=O)N[C@H]2C[C@H]3COC[C@@H](C2)N3Cc2ccc(F)cc2)c2ccccc21. The van der Waals surface area contributed by atoms with Gasteiger partial charge in [0.05, 0.1) is 25.3 Å². The number of hydrogen-bond donors (Lipinski definition) is 1. The quantitative estimate of drug-likeness (QED) is 0.625. The monoisotopic (exact) mass is 450 g/mol. The van der Waals surface area contributed by atoms with Gasteiger partial charge in [0.2, 0.25) is 0 Å². The first-order chi connectivity index (χ1) is 16.0. The Morgan fingerprint density at radius 3 is 2.48 bits per heavy atom. The minimum Gasteiger partial charge on any atom is -0.378 e. The van der Waals surface area contributed by atoms with Crippen LogP contribution < -0.4 is 5.32 Å². The molecule has 33 heavy (non-hydrogen) atoms. The van der Waals surface area contributed by atoms with Crippen LogP contribution >= 0.6 is 0 Å². The molecule has 0 radical (unpaired) electrons. The minimum atomic E-state index is -0.234. The second-order valence-corrected chi connectivity index (χ2v) is 9.01. The lowest BCUT2D eigenvalue weighted by Crippen LogP contribution is -2.60. The largest absolute Gasteiger partial charge is 0.378 e. The van der Waals surface area contributed by atoms with Crippen molar-refractivity contribution < 1.29 is 18.7 Å². The number of carbonyl (C=O) groups is 2. The minimum absolute atomic E-state index is 0.0117. The smallest absolute Gasteiger partial charge is 0.272 e. The maximum atomic E-state index is 13.3. The van der Waals surface area contributed by atoms with Crippen LogP contribution in [0.25, 0.3) is 10.9 Å². The van der Waals surface area contributed by atoms with Gasteiger partial charge in [0.25, 0.3) is 5.91 Å². The van der Waals surface area contributed by atoms with Gasteiger partial charge in [0.1, 0.15) is 5.82 Å². The molecule has 0 aliphatic carbocycles. The van der Waals surface area contributed by atoms with Crippen molar-refractivity contribution in [2.45, 2.75) is 51.0 Å². The van der Waals surface area contributed by atoms with Crippen molar-refractivity contribution in [3.05, 3.63) is 65.6 Å². The molecule has 1 amide bonds. The zero-order valence-corrected chi connectivity index (χ0v) is 18.5. The first-order valence-electron chi connectivity index (χ1n) is 11.3. The lowest BCUT2D eigenvalue weighted by Gasteiger charge is -2.48. The highest BCUT2D eigenvalue weighted by Gasteiger charge is 2.39. The van der Waals surface area contributed by atoms with Crippen LogP contribution in [-0.2, 0) is 22.6 Å². The lowest BCUT2D eigenvalue weighted by atomic mass is 9.89. The molecular weight excluding hydrogens is 423 g/mol. The van der Waals surface area contributed by atoms with E-state index in [2.05, 4.69) is 15.3 Å². The molecule has 2 aromatic carbocycles. The van der Waals surface area contributed by atoms with Gasteiger partial charge in [-0.3, -0.25) is 19.2 Å². The second-order valence-electron chi connectivity index (χ2n) is 9.01. The van der Waals surface area contributed by atoms with E-state index in [1.165, 1.54) is 19.1 Å². The van der Waals surface area contributed by atoms with E-state index >= 15 is 0 Å². The van der Waals surface area contributed by atoms with E-state index in [1.54, 1.807) is 4.68 Å². The number of ether oxygens (including phenoxy) is 1. The molecular formula is C25H27FN4O3. The summed E-state index contributed by atoms with van der Waals surface area (Å²) in [4.78, 5) is 27.3. The van der Waals surface area contributed by atoms with Crippen molar-refractivity contribution in [1.82, 2.24) is 20.0 Å². The van der Waals surface area contributed by atoms with Crippen LogP contribution in [0.5, 0.6) is 0 Å². The highest BCUT2D eigenvalue weighted by Crippen LogP contribution is 2.30. The number of rotatable bonds is 6. The molecule has 3 heterocycles. The van der Waals surface area contributed by atoms with Crippen molar-refractivity contribution >= 4 is 22.6 Å². The number of nitrogens with one attached hydrogen (secondary N) is 1. The number of halogens is 1. The summed E-state index contributed by atoms with van der Waals surface area (Å²) in [5.41, 5.74) is 2.19. The van der Waals surface area contributed by atoms with E-state index in [4.69, 9.17) is 4.74 Å². The van der Waals surface area contributed by atoms with E-state index < -0.39 is 0 Å². The van der Waals surface area contributed by atoms with Gasteiger partial charge in [-0.05, 0) is 43.5 Å². The van der Waals surface area contributed by atoms with E-state index in [-0.39, 0.29) is 42.2 Å². The van der Waals surface area contributed by atoms with Crippen LogP contribution in [-0.4, -0.2) is 57.7 Å². The molecule has 0 spiro atoms. The summed E-state index contributed by atoms with van der Waals surface area (Å²) in [6.45, 7) is 3.61. The first-order valence-corrected chi connectivity index (χ1v) is 11.3. The molecule has 0 unspecified atom stereocenters. The Labute approximate surface area is 191 Å². The normalized spacial score (nSPS) is 22.9. The van der Waals surface area contributed by atoms with Gasteiger partial charge in [0, 0.05) is 30.1 Å². The van der Waals surface area contributed by atoms with Crippen molar-refractivity contribution in [2.75, 3.05) is 13.2 Å². The third-order valence-corrected chi connectivity index (χ3v) is 6.53. The molecule has 0 saturated carbocycles. The number of Topliss-reactive ketones (excluding diaryl/α,β-unsaturated/α-hetero) is 1. The molecule has 2 saturated heterocycles. The summed E-state index contributed by atoms with van der Waals surface area (Å²) in [5.74, 6) is -0.469. The lowest BCUT2D eigenvalue weighted by molar-refractivity contribution is -0.117. The third kappa shape index (κ3) is 4.54. The Bertz CT molecular complexity index is 1160. The zero-order valence-electron chi connectivity index (χ0n) is 18.5. The highest BCUT2D eigenvalue weighted by molar-refractivity contribution is 6.05. The number of benzene rings is 2. The molecule has 7 nitrogen and oxygen atoms in total. The van der Waals surface area contributed by atoms with Gasteiger partial charge >= 0.3 is 0 Å². The number of piperidine rings is 1. The van der Waals surface area contributed by atoms with Gasteiger partial charge in [0.15, 0.2) is 11.5 Å². The molecule has 3 atom stereocenters. The molecule has 5 rings (SSSR count). The summed E-state index contributed by atoms with van der Waals surface area (Å²) < 4.78 is 20.7. The average molecular weight is 451 g/mol. The number of ketones is 1.